The van der Waals surface area contributed by atoms with Gasteiger partial charge in [-0.05, 0) is 66.3 Å². The highest BCUT2D eigenvalue weighted by atomic mass is 35.5. The van der Waals surface area contributed by atoms with E-state index < -0.39 is 28.6 Å². The number of ether oxygens (including phenoxy) is 2. The molecule has 2 aromatic rings. The predicted octanol–water partition coefficient (Wildman–Crippen LogP) is 5.25. The fraction of sp³-hybridized carbons (Fsp3) is 0.500. The number of carbonyl (C=O) groups is 2. The van der Waals surface area contributed by atoms with Crippen LogP contribution in [0.15, 0.2) is 47.4 Å². The molecule has 2 aliphatic rings. The fourth-order valence-electron chi connectivity index (χ4n) is 5.30. The van der Waals surface area contributed by atoms with Crippen LogP contribution in [0.25, 0.3) is 0 Å². The van der Waals surface area contributed by atoms with Crippen molar-refractivity contribution < 1.29 is 27.5 Å². The van der Waals surface area contributed by atoms with Crippen LogP contribution in [0.4, 0.5) is 0 Å². The van der Waals surface area contributed by atoms with Crippen molar-refractivity contribution in [3.8, 4) is 0 Å². The van der Waals surface area contributed by atoms with Crippen LogP contribution in [0.5, 0.6) is 0 Å². The van der Waals surface area contributed by atoms with Crippen molar-refractivity contribution in [1.82, 2.24) is 4.31 Å². The first-order valence-electron chi connectivity index (χ1n) is 12.8. The summed E-state index contributed by atoms with van der Waals surface area (Å²) in [7, 11) is -3.87. The Morgan fingerprint density at radius 1 is 1.11 bits per heavy atom. The first-order valence-corrected chi connectivity index (χ1v) is 14.6. The van der Waals surface area contributed by atoms with Crippen LogP contribution >= 0.6 is 11.6 Å². The summed E-state index contributed by atoms with van der Waals surface area (Å²) in [5, 5.41) is 0.0438. The first kappa shape index (κ1) is 27.6. The molecule has 1 fully saturated rings. The van der Waals surface area contributed by atoms with E-state index in [4.69, 9.17) is 21.1 Å². The molecule has 37 heavy (non-hydrogen) atoms. The van der Waals surface area contributed by atoms with E-state index >= 15 is 0 Å². The molecule has 9 heteroatoms. The molecule has 0 unspecified atom stereocenters. The lowest BCUT2D eigenvalue weighted by molar-refractivity contribution is -0.159. The normalized spacial score (nSPS) is 22.4. The lowest BCUT2D eigenvalue weighted by Gasteiger charge is -2.36. The van der Waals surface area contributed by atoms with E-state index in [9.17, 15) is 18.0 Å². The van der Waals surface area contributed by atoms with Crippen LogP contribution < -0.4 is 0 Å². The summed E-state index contributed by atoms with van der Waals surface area (Å²) >= 11 is 6.21. The van der Waals surface area contributed by atoms with Gasteiger partial charge in [0.15, 0.2) is 6.61 Å². The van der Waals surface area contributed by atoms with E-state index in [1.165, 1.54) is 22.5 Å². The zero-order valence-corrected chi connectivity index (χ0v) is 23.1. The Morgan fingerprint density at radius 2 is 1.84 bits per heavy atom. The molecule has 3 atom stereocenters. The molecule has 0 amide bonds. The number of benzene rings is 2. The molecule has 200 valence electrons. The highest BCUT2D eigenvalue weighted by Crippen LogP contribution is 2.35. The van der Waals surface area contributed by atoms with Crippen molar-refractivity contribution in [1.29, 1.82) is 0 Å². The molecule has 1 heterocycles. The third-order valence-corrected chi connectivity index (χ3v) is 9.63. The van der Waals surface area contributed by atoms with Crippen LogP contribution in [0.2, 0.25) is 5.02 Å². The van der Waals surface area contributed by atoms with Gasteiger partial charge in [-0.3, -0.25) is 0 Å². The van der Waals surface area contributed by atoms with Gasteiger partial charge in [0, 0.05) is 13.1 Å². The Kier molecular flexibility index (Phi) is 8.61. The molecule has 4 rings (SSSR count). The third kappa shape index (κ3) is 6.36. The summed E-state index contributed by atoms with van der Waals surface area (Å²) in [6, 6.07) is 11.7. The molecule has 1 aliphatic heterocycles. The number of sulfonamides is 1. The monoisotopic (exact) mass is 547 g/mol. The highest BCUT2D eigenvalue weighted by molar-refractivity contribution is 7.89. The molecule has 2 aromatic carbocycles. The Labute approximate surface area is 224 Å². The number of hydrogen-bond donors (Lipinski definition) is 0. The van der Waals surface area contributed by atoms with E-state index in [0.29, 0.717) is 24.8 Å². The van der Waals surface area contributed by atoms with Gasteiger partial charge in [0.2, 0.25) is 10.0 Å². The van der Waals surface area contributed by atoms with Gasteiger partial charge in [-0.15, -0.1) is 0 Å². The number of halogens is 1. The maximum Gasteiger partial charge on any atom is 0.344 e. The number of nitrogens with zero attached hydrogens (tertiary/aromatic N) is 1. The van der Waals surface area contributed by atoms with Crippen molar-refractivity contribution in [3.05, 3.63) is 64.2 Å². The minimum absolute atomic E-state index is 0.0438. The minimum atomic E-state index is -3.87. The second-order valence-electron chi connectivity index (χ2n) is 10.4. The van der Waals surface area contributed by atoms with E-state index in [1.807, 2.05) is 24.3 Å². The van der Waals surface area contributed by atoms with Crippen LogP contribution in [-0.4, -0.2) is 43.9 Å². The van der Waals surface area contributed by atoms with Crippen molar-refractivity contribution in [2.45, 2.75) is 64.0 Å². The molecule has 0 aromatic heterocycles. The number of rotatable bonds is 7. The molecule has 7 nitrogen and oxygen atoms in total. The second-order valence-corrected chi connectivity index (χ2v) is 12.8. The highest BCUT2D eigenvalue weighted by Gasteiger charge is 2.34. The number of fused-ring (bicyclic) bond motifs is 1. The van der Waals surface area contributed by atoms with Gasteiger partial charge in [-0.25, -0.2) is 18.0 Å². The summed E-state index contributed by atoms with van der Waals surface area (Å²) in [5.41, 5.74) is 1.97. The summed E-state index contributed by atoms with van der Waals surface area (Å²) in [5.74, 6) is -0.378. The van der Waals surface area contributed by atoms with Gasteiger partial charge >= 0.3 is 11.9 Å². The largest absolute Gasteiger partial charge is 0.460 e. The van der Waals surface area contributed by atoms with Gasteiger partial charge < -0.3 is 9.47 Å². The van der Waals surface area contributed by atoms with E-state index in [0.717, 1.165) is 30.4 Å². The number of hydrogen-bond acceptors (Lipinski definition) is 6. The molecular formula is C28H34ClNO6S. The van der Waals surface area contributed by atoms with Crippen LogP contribution in [0, 0.1) is 17.8 Å². The Balaban J connectivity index is 1.42. The van der Waals surface area contributed by atoms with Gasteiger partial charge in [-0.2, -0.15) is 4.31 Å². The van der Waals surface area contributed by atoms with E-state index in [-0.39, 0.29) is 34.0 Å². The van der Waals surface area contributed by atoms with Crippen LogP contribution in [0.1, 0.15) is 61.5 Å². The van der Waals surface area contributed by atoms with Gasteiger partial charge in [0.05, 0.1) is 15.5 Å². The van der Waals surface area contributed by atoms with Crippen LogP contribution in [0.3, 0.4) is 0 Å². The lowest BCUT2D eigenvalue weighted by atomic mass is 9.75. The van der Waals surface area contributed by atoms with Gasteiger partial charge in [0.25, 0.3) is 0 Å². The van der Waals surface area contributed by atoms with E-state index in [1.54, 1.807) is 0 Å². The number of esters is 2. The van der Waals surface area contributed by atoms with Crippen molar-refractivity contribution in [3.63, 3.8) is 0 Å². The SMILES string of the molecule is CC(C)[C@@H]1CC[C@@H](C)C[C@@H]1OC(=O)COC(=O)c1cc(S(=O)(=O)N2CCc3ccccc3C2)ccc1Cl. The Hall–Kier alpha value is -2.42. The quantitative estimate of drug-likeness (QED) is 0.440. The zero-order valence-electron chi connectivity index (χ0n) is 21.5. The smallest absolute Gasteiger partial charge is 0.344 e. The van der Waals surface area contributed by atoms with Crippen molar-refractivity contribution in [2.24, 2.45) is 17.8 Å². The minimum Gasteiger partial charge on any atom is -0.460 e. The average Bonchev–Trinajstić information content (AvgIpc) is 2.87. The molecule has 0 N–H and O–H groups in total. The average molecular weight is 548 g/mol. The van der Waals surface area contributed by atoms with Crippen molar-refractivity contribution in [2.75, 3.05) is 13.2 Å². The van der Waals surface area contributed by atoms with E-state index in [2.05, 4.69) is 20.8 Å². The maximum atomic E-state index is 13.3. The second kappa shape index (κ2) is 11.5. The summed E-state index contributed by atoms with van der Waals surface area (Å²) < 4.78 is 38.9. The lowest BCUT2D eigenvalue weighted by Crippen LogP contribution is -2.37. The fourth-order valence-corrected chi connectivity index (χ4v) is 6.94. The number of carbonyl (C=O) groups excluding carboxylic acids is 2. The molecule has 1 saturated carbocycles. The van der Waals surface area contributed by atoms with Crippen LogP contribution in [-0.2, 0) is 37.3 Å². The maximum absolute atomic E-state index is 13.3. The van der Waals surface area contributed by atoms with Gasteiger partial charge in [0.1, 0.15) is 6.10 Å². The summed E-state index contributed by atoms with van der Waals surface area (Å²) in [4.78, 5) is 25.2. The standard InChI is InChI=1S/C28H34ClNO6S/c1-18(2)23-10-8-19(3)14-26(23)36-27(31)17-35-28(32)24-15-22(9-11-25(24)29)37(33,34)30-13-12-20-6-4-5-7-21(20)16-30/h4-7,9,11,15,18-19,23,26H,8,10,12-14,16-17H2,1-3H3/t19-,23+,26+/m1/s1. The Bertz CT molecular complexity index is 1260. The molecular weight excluding hydrogens is 514 g/mol. The molecule has 0 spiro atoms. The molecule has 0 saturated heterocycles. The Morgan fingerprint density at radius 3 is 2.57 bits per heavy atom. The first-order chi connectivity index (χ1) is 17.6. The third-order valence-electron chi connectivity index (χ3n) is 7.46. The molecule has 0 bridgehead atoms. The zero-order chi connectivity index (χ0) is 26.7. The molecule has 0 radical (unpaired) electrons. The van der Waals surface area contributed by atoms with Gasteiger partial charge in [-0.1, -0.05) is 63.1 Å². The predicted molar refractivity (Wildman–Crippen MR) is 141 cm³/mol. The summed E-state index contributed by atoms with van der Waals surface area (Å²) in [6.45, 7) is 6.41. The van der Waals surface area contributed by atoms with Crippen molar-refractivity contribution >= 4 is 33.6 Å². The topological polar surface area (TPSA) is 90.0 Å². The molecule has 1 aliphatic carbocycles. The summed E-state index contributed by atoms with van der Waals surface area (Å²) in [6.07, 6.45) is 3.29.